The Morgan fingerprint density at radius 2 is 2.44 bits per heavy atom. The standard InChI is InChI=1S/C10H13N5O2S/c1-14(4-5-16)9(17)7-15-12-10(11-13-15)8-3-2-6-18-8/h2-3,6,16H,4-5,7H2,1H3. The van der Waals surface area contributed by atoms with Gasteiger partial charge >= 0.3 is 0 Å². The number of nitrogens with zero attached hydrogens (tertiary/aromatic N) is 5. The molecule has 2 aromatic heterocycles. The van der Waals surface area contributed by atoms with Crippen LogP contribution in [0.5, 0.6) is 0 Å². The molecule has 7 nitrogen and oxygen atoms in total. The van der Waals surface area contributed by atoms with Crippen LogP contribution in [0.1, 0.15) is 0 Å². The van der Waals surface area contributed by atoms with E-state index < -0.39 is 0 Å². The number of rotatable bonds is 5. The topological polar surface area (TPSA) is 84.1 Å². The molecule has 0 spiro atoms. The Morgan fingerprint density at radius 1 is 1.61 bits per heavy atom. The second-order valence-corrected chi connectivity index (χ2v) is 4.61. The van der Waals surface area contributed by atoms with Crippen molar-refractivity contribution in [1.82, 2.24) is 25.1 Å². The summed E-state index contributed by atoms with van der Waals surface area (Å²) in [7, 11) is 1.62. The van der Waals surface area contributed by atoms with Crippen LogP contribution in [-0.2, 0) is 11.3 Å². The molecule has 0 aromatic carbocycles. The third kappa shape index (κ3) is 2.90. The number of aliphatic hydroxyl groups excluding tert-OH is 1. The van der Waals surface area contributed by atoms with Gasteiger partial charge < -0.3 is 10.0 Å². The normalized spacial score (nSPS) is 10.6. The average Bonchev–Trinajstić information content (AvgIpc) is 2.98. The van der Waals surface area contributed by atoms with E-state index in [0.29, 0.717) is 12.4 Å². The largest absolute Gasteiger partial charge is 0.395 e. The molecular weight excluding hydrogens is 254 g/mol. The van der Waals surface area contributed by atoms with Gasteiger partial charge in [-0.15, -0.1) is 21.5 Å². The zero-order chi connectivity index (χ0) is 13.0. The first-order valence-corrected chi connectivity index (χ1v) is 6.25. The maximum absolute atomic E-state index is 11.7. The molecule has 2 heterocycles. The second kappa shape index (κ2) is 5.69. The van der Waals surface area contributed by atoms with Gasteiger partial charge in [0.2, 0.25) is 11.7 Å². The van der Waals surface area contributed by atoms with E-state index >= 15 is 0 Å². The number of tetrazole rings is 1. The number of likely N-dealkylation sites (N-methyl/N-ethyl adjacent to an activating group) is 1. The summed E-state index contributed by atoms with van der Waals surface area (Å²) in [5.74, 6) is 0.349. The van der Waals surface area contributed by atoms with Crippen LogP contribution in [0, 0.1) is 0 Å². The first-order valence-electron chi connectivity index (χ1n) is 5.37. The van der Waals surface area contributed by atoms with Crippen molar-refractivity contribution in [2.75, 3.05) is 20.2 Å². The molecule has 96 valence electrons. The monoisotopic (exact) mass is 267 g/mol. The molecular formula is C10H13N5O2S. The molecule has 0 saturated carbocycles. The minimum Gasteiger partial charge on any atom is -0.395 e. The highest BCUT2D eigenvalue weighted by Crippen LogP contribution is 2.19. The number of amides is 1. The van der Waals surface area contributed by atoms with E-state index in [1.165, 1.54) is 21.0 Å². The minimum absolute atomic E-state index is 0.0227. The highest BCUT2D eigenvalue weighted by Gasteiger charge is 2.12. The zero-order valence-corrected chi connectivity index (χ0v) is 10.7. The molecule has 2 aromatic rings. The van der Waals surface area contributed by atoms with Crippen LogP contribution in [0.3, 0.4) is 0 Å². The van der Waals surface area contributed by atoms with E-state index in [-0.39, 0.29) is 19.1 Å². The van der Waals surface area contributed by atoms with Crippen molar-refractivity contribution in [3.05, 3.63) is 17.5 Å². The molecule has 1 N–H and O–H groups in total. The highest BCUT2D eigenvalue weighted by molar-refractivity contribution is 7.13. The fourth-order valence-electron chi connectivity index (χ4n) is 1.33. The summed E-state index contributed by atoms with van der Waals surface area (Å²) in [5, 5.41) is 22.5. The van der Waals surface area contributed by atoms with Crippen LogP contribution in [0.25, 0.3) is 10.7 Å². The molecule has 0 fully saturated rings. The fraction of sp³-hybridized carbons (Fsp3) is 0.400. The SMILES string of the molecule is CN(CCO)C(=O)Cn1nnc(-c2cccs2)n1. The van der Waals surface area contributed by atoms with E-state index in [1.807, 2.05) is 17.5 Å². The summed E-state index contributed by atoms with van der Waals surface area (Å²) in [5.41, 5.74) is 0. The summed E-state index contributed by atoms with van der Waals surface area (Å²) >= 11 is 1.52. The van der Waals surface area contributed by atoms with E-state index in [4.69, 9.17) is 5.11 Å². The smallest absolute Gasteiger partial charge is 0.246 e. The predicted molar refractivity (Wildman–Crippen MR) is 65.9 cm³/mol. The van der Waals surface area contributed by atoms with Crippen LogP contribution in [0.15, 0.2) is 17.5 Å². The number of hydrogen-bond acceptors (Lipinski definition) is 6. The first-order chi connectivity index (χ1) is 8.70. The van der Waals surface area contributed by atoms with Crippen molar-refractivity contribution in [3.63, 3.8) is 0 Å². The van der Waals surface area contributed by atoms with Crippen molar-refractivity contribution in [3.8, 4) is 10.7 Å². The summed E-state index contributed by atoms with van der Waals surface area (Å²) in [6.07, 6.45) is 0. The number of aromatic nitrogens is 4. The summed E-state index contributed by atoms with van der Waals surface area (Å²) in [4.78, 5) is 15.3. The molecule has 2 rings (SSSR count). The lowest BCUT2D eigenvalue weighted by atomic mass is 10.4. The summed E-state index contributed by atoms with van der Waals surface area (Å²) in [6.45, 7) is 0.258. The number of thiophene rings is 1. The lowest BCUT2D eigenvalue weighted by Gasteiger charge is -2.14. The van der Waals surface area contributed by atoms with Crippen molar-refractivity contribution in [2.45, 2.75) is 6.54 Å². The molecule has 0 radical (unpaired) electrons. The molecule has 0 aliphatic carbocycles. The van der Waals surface area contributed by atoms with Crippen molar-refractivity contribution in [1.29, 1.82) is 0 Å². The lowest BCUT2D eigenvalue weighted by Crippen LogP contribution is -2.33. The fourth-order valence-corrected chi connectivity index (χ4v) is 1.98. The van der Waals surface area contributed by atoms with Gasteiger partial charge in [-0.05, 0) is 16.7 Å². The highest BCUT2D eigenvalue weighted by atomic mass is 32.1. The molecule has 0 aliphatic heterocycles. The molecule has 1 amide bonds. The van der Waals surface area contributed by atoms with Crippen LogP contribution in [0.4, 0.5) is 0 Å². The molecule has 0 unspecified atom stereocenters. The van der Waals surface area contributed by atoms with Gasteiger partial charge in [-0.2, -0.15) is 4.80 Å². The van der Waals surface area contributed by atoms with Crippen LogP contribution < -0.4 is 0 Å². The minimum atomic E-state index is -0.167. The summed E-state index contributed by atoms with van der Waals surface area (Å²) in [6, 6.07) is 3.80. The van der Waals surface area contributed by atoms with Crippen molar-refractivity contribution < 1.29 is 9.90 Å². The van der Waals surface area contributed by atoms with Crippen LogP contribution in [-0.4, -0.2) is 56.3 Å². The maximum atomic E-state index is 11.7. The first kappa shape index (κ1) is 12.7. The molecule has 0 saturated heterocycles. The Morgan fingerprint density at radius 3 is 3.11 bits per heavy atom. The van der Waals surface area contributed by atoms with Gasteiger partial charge in [-0.25, -0.2) is 0 Å². The maximum Gasteiger partial charge on any atom is 0.246 e. The van der Waals surface area contributed by atoms with Gasteiger partial charge in [0.25, 0.3) is 0 Å². The Bertz CT molecular complexity index is 510. The van der Waals surface area contributed by atoms with E-state index in [1.54, 1.807) is 7.05 Å². The van der Waals surface area contributed by atoms with Crippen LogP contribution >= 0.6 is 11.3 Å². The Hall–Kier alpha value is -1.80. The van der Waals surface area contributed by atoms with Crippen molar-refractivity contribution in [2.24, 2.45) is 0 Å². The third-order valence-corrected chi connectivity index (χ3v) is 3.20. The molecule has 0 atom stereocenters. The quantitative estimate of drug-likeness (QED) is 0.814. The number of carbonyl (C=O) groups excluding carboxylic acids is 1. The molecule has 18 heavy (non-hydrogen) atoms. The second-order valence-electron chi connectivity index (χ2n) is 3.66. The average molecular weight is 267 g/mol. The van der Waals surface area contributed by atoms with Gasteiger partial charge in [0.1, 0.15) is 6.54 Å². The van der Waals surface area contributed by atoms with Gasteiger partial charge in [-0.3, -0.25) is 4.79 Å². The Kier molecular flexibility index (Phi) is 4.00. The van der Waals surface area contributed by atoms with Crippen LogP contribution in [0.2, 0.25) is 0 Å². The van der Waals surface area contributed by atoms with Gasteiger partial charge in [0.05, 0.1) is 11.5 Å². The predicted octanol–water partition coefficient (Wildman–Crippen LogP) is -0.148. The van der Waals surface area contributed by atoms with Crippen molar-refractivity contribution >= 4 is 17.2 Å². The number of aliphatic hydroxyl groups is 1. The van der Waals surface area contributed by atoms with E-state index in [0.717, 1.165) is 4.88 Å². The Labute approximate surface area is 108 Å². The third-order valence-electron chi connectivity index (χ3n) is 2.33. The molecule has 0 bridgehead atoms. The Balaban J connectivity index is 2.01. The van der Waals surface area contributed by atoms with Gasteiger partial charge in [-0.1, -0.05) is 6.07 Å². The van der Waals surface area contributed by atoms with E-state index in [9.17, 15) is 4.79 Å². The number of carbonyl (C=O) groups is 1. The molecule has 8 heteroatoms. The summed E-state index contributed by atoms with van der Waals surface area (Å²) < 4.78 is 0. The lowest BCUT2D eigenvalue weighted by molar-refractivity contribution is -0.131. The molecule has 0 aliphatic rings. The van der Waals surface area contributed by atoms with E-state index in [2.05, 4.69) is 15.4 Å². The van der Waals surface area contributed by atoms with Gasteiger partial charge in [0.15, 0.2) is 0 Å². The number of hydrogen-bond donors (Lipinski definition) is 1. The van der Waals surface area contributed by atoms with Gasteiger partial charge in [0, 0.05) is 13.6 Å². The zero-order valence-electron chi connectivity index (χ0n) is 9.85.